The predicted molar refractivity (Wildman–Crippen MR) is 110 cm³/mol. The van der Waals surface area contributed by atoms with Gasteiger partial charge in [-0.25, -0.2) is 0 Å². The number of nitrogens with one attached hydrogen (secondary N) is 1. The zero-order chi connectivity index (χ0) is 22.4. The first-order valence-corrected chi connectivity index (χ1v) is 9.71. The molecule has 6 nitrogen and oxygen atoms in total. The van der Waals surface area contributed by atoms with E-state index < -0.39 is 28.9 Å². The maximum absolute atomic E-state index is 12.9. The third-order valence-corrected chi connectivity index (χ3v) is 5.11. The van der Waals surface area contributed by atoms with Crippen molar-refractivity contribution in [1.82, 2.24) is 10.2 Å². The molecule has 2 heterocycles. The summed E-state index contributed by atoms with van der Waals surface area (Å²) in [5, 5.41) is 23.3. The number of hydrogen-bond acceptors (Lipinski definition) is 6. The van der Waals surface area contributed by atoms with Gasteiger partial charge in [-0.15, -0.1) is 10.2 Å². The Kier molecular flexibility index (Phi) is 5.06. The number of alkyl halides is 3. The monoisotopic (exact) mass is 433 g/mol. The molecule has 0 aliphatic carbocycles. The Morgan fingerprint density at radius 2 is 1.77 bits per heavy atom. The second-order valence-electron chi connectivity index (χ2n) is 8.27. The summed E-state index contributed by atoms with van der Waals surface area (Å²) in [4.78, 5) is 0. The van der Waals surface area contributed by atoms with Crippen LogP contribution < -0.4 is 5.32 Å². The van der Waals surface area contributed by atoms with Crippen molar-refractivity contribution in [2.24, 2.45) is 0 Å². The summed E-state index contributed by atoms with van der Waals surface area (Å²) in [6.07, 6.45) is -4.55. The van der Waals surface area contributed by atoms with Crippen LogP contribution in [0.5, 0.6) is 5.75 Å². The molecule has 31 heavy (non-hydrogen) atoms. The number of benzene rings is 2. The minimum absolute atomic E-state index is 0.171. The molecule has 1 aromatic heterocycles. The van der Waals surface area contributed by atoms with Crippen molar-refractivity contribution in [1.29, 1.82) is 0 Å². The molecule has 1 aliphatic heterocycles. The molecule has 1 aliphatic rings. The van der Waals surface area contributed by atoms with Gasteiger partial charge in [0.05, 0.1) is 12.2 Å². The molecule has 0 radical (unpaired) electrons. The highest BCUT2D eigenvalue weighted by Crippen LogP contribution is 2.39. The van der Waals surface area contributed by atoms with Gasteiger partial charge in [0.2, 0.25) is 0 Å². The van der Waals surface area contributed by atoms with Gasteiger partial charge in [-0.1, -0.05) is 24.3 Å². The second kappa shape index (κ2) is 7.35. The number of anilines is 1. The second-order valence-corrected chi connectivity index (χ2v) is 8.27. The van der Waals surface area contributed by atoms with E-state index >= 15 is 0 Å². The fourth-order valence-corrected chi connectivity index (χ4v) is 3.68. The van der Waals surface area contributed by atoms with Crippen molar-refractivity contribution >= 4 is 16.6 Å². The maximum Gasteiger partial charge on any atom is 0.416 e. The minimum atomic E-state index is -4.55. The summed E-state index contributed by atoms with van der Waals surface area (Å²) in [6, 6.07) is 10.0. The quantitative estimate of drug-likeness (QED) is 0.605. The van der Waals surface area contributed by atoms with E-state index in [1.54, 1.807) is 12.1 Å². The van der Waals surface area contributed by atoms with Crippen molar-refractivity contribution in [2.45, 2.75) is 38.3 Å². The summed E-state index contributed by atoms with van der Waals surface area (Å²) in [7, 11) is 0. The lowest BCUT2D eigenvalue weighted by molar-refractivity contribution is -0.154. The van der Waals surface area contributed by atoms with E-state index in [2.05, 4.69) is 15.5 Å². The normalized spacial score (nSPS) is 20.8. The summed E-state index contributed by atoms with van der Waals surface area (Å²) in [6.45, 7) is 6.45. The largest absolute Gasteiger partial charge is 0.507 e. The number of aromatic nitrogens is 2. The van der Waals surface area contributed by atoms with E-state index in [1.165, 1.54) is 6.07 Å². The fourth-order valence-electron chi connectivity index (χ4n) is 3.68. The molecule has 0 spiro atoms. The molecule has 0 bridgehead atoms. The van der Waals surface area contributed by atoms with E-state index in [4.69, 9.17) is 9.47 Å². The topological polar surface area (TPSA) is 76.5 Å². The average Bonchev–Trinajstić information content (AvgIpc) is 2.99. The summed E-state index contributed by atoms with van der Waals surface area (Å²) >= 11 is 0. The molecule has 1 unspecified atom stereocenters. The van der Waals surface area contributed by atoms with E-state index in [0.29, 0.717) is 41.5 Å². The number of fused-ring (bicyclic) bond motifs is 1. The Labute approximate surface area is 177 Å². The van der Waals surface area contributed by atoms with E-state index in [1.807, 2.05) is 32.9 Å². The number of phenols is 1. The first kappa shape index (κ1) is 21.3. The summed E-state index contributed by atoms with van der Waals surface area (Å²) in [5.74, 6) is -0.685. The lowest BCUT2D eigenvalue weighted by Gasteiger charge is -2.25. The minimum Gasteiger partial charge on any atom is -0.507 e. The van der Waals surface area contributed by atoms with E-state index in [9.17, 15) is 18.3 Å². The third kappa shape index (κ3) is 4.28. The third-order valence-electron chi connectivity index (χ3n) is 5.11. The first-order valence-electron chi connectivity index (χ1n) is 9.71. The Balaban J connectivity index is 1.68. The van der Waals surface area contributed by atoms with Gasteiger partial charge in [-0.05, 0) is 39.0 Å². The molecule has 1 atom stereocenters. The van der Waals surface area contributed by atoms with Gasteiger partial charge in [0.15, 0.2) is 11.6 Å². The van der Waals surface area contributed by atoms with Crippen LogP contribution in [0.1, 0.15) is 26.3 Å². The van der Waals surface area contributed by atoms with Crippen molar-refractivity contribution in [3.05, 3.63) is 48.0 Å². The van der Waals surface area contributed by atoms with Gasteiger partial charge >= 0.3 is 6.18 Å². The Morgan fingerprint density at radius 1 is 1.06 bits per heavy atom. The molecular weight excluding hydrogens is 411 g/mol. The molecule has 2 N–H and O–H groups in total. The van der Waals surface area contributed by atoms with Crippen LogP contribution in [0.15, 0.2) is 42.5 Å². The number of nitrogens with zero attached hydrogens (tertiary/aromatic N) is 2. The molecule has 1 fully saturated rings. The summed E-state index contributed by atoms with van der Waals surface area (Å²) < 4.78 is 50.4. The van der Waals surface area contributed by atoms with Crippen LogP contribution in [-0.2, 0) is 15.7 Å². The van der Waals surface area contributed by atoms with Crippen LogP contribution >= 0.6 is 0 Å². The fraction of sp³-hybridized carbons (Fsp3) is 0.364. The Hall–Kier alpha value is -2.91. The van der Waals surface area contributed by atoms with Crippen LogP contribution in [0.25, 0.3) is 22.0 Å². The number of ether oxygens (including phenoxy) is 2. The molecule has 0 saturated carbocycles. The van der Waals surface area contributed by atoms with Gasteiger partial charge in [-0.2, -0.15) is 13.2 Å². The molecule has 2 aromatic carbocycles. The highest BCUT2D eigenvalue weighted by molar-refractivity contribution is 6.00. The predicted octanol–water partition coefficient (Wildman–Crippen LogP) is 4.97. The number of hydrogen-bond donors (Lipinski definition) is 2. The van der Waals surface area contributed by atoms with Gasteiger partial charge in [-0.3, -0.25) is 0 Å². The molecule has 164 valence electrons. The van der Waals surface area contributed by atoms with E-state index in [-0.39, 0.29) is 5.56 Å². The van der Waals surface area contributed by atoms with Crippen molar-refractivity contribution < 1.29 is 27.8 Å². The van der Waals surface area contributed by atoms with Crippen molar-refractivity contribution in [3.8, 4) is 17.0 Å². The Morgan fingerprint density at radius 3 is 2.39 bits per heavy atom. The van der Waals surface area contributed by atoms with Crippen molar-refractivity contribution in [3.63, 3.8) is 0 Å². The standard InChI is InChI=1S/C22H22F3N3O3/c1-20(2)30-12-21(3,31-20)11-26-19-15-7-5-4-6-14(15)18(27-28-19)16-9-8-13(10-17(16)29)22(23,24)25/h4-10,29H,11-12H2,1-3H3,(H,26,28). The highest BCUT2D eigenvalue weighted by Gasteiger charge is 2.42. The zero-order valence-corrected chi connectivity index (χ0v) is 17.2. The molecule has 0 amide bonds. The summed E-state index contributed by atoms with van der Waals surface area (Å²) in [5.41, 5.74) is -1.03. The lowest BCUT2D eigenvalue weighted by atomic mass is 10.0. The van der Waals surface area contributed by atoms with Crippen LogP contribution in [0.4, 0.5) is 19.0 Å². The SMILES string of the molecule is CC1(CNc2nnc(-c3ccc(C(F)(F)F)cc3O)c3ccccc23)COC(C)(C)O1. The molecule has 4 rings (SSSR count). The first-order chi connectivity index (χ1) is 14.5. The lowest BCUT2D eigenvalue weighted by Crippen LogP contribution is -2.38. The maximum atomic E-state index is 12.9. The van der Waals surface area contributed by atoms with E-state index in [0.717, 1.165) is 6.07 Å². The smallest absolute Gasteiger partial charge is 0.416 e. The van der Waals surface area contributed by atoms with Gasteiger partial charge < -0.3 is 19.9 Å². The van der Waals surface area contributed by atoms with Crippen molar-refractivity contribution in [2.75, 3.05) is 18.5 Å². The highest BCUT2D eigenvalue weighted by atomic mass is 19.4. The number of rotatable bonds is 4. The van der Waals surface area contributed by atoms with Crippen LogP contribution in [0.2, 0.25) is 0 Å². The van der Waals surface area contributed by atoms with Crippen LogP contribution in [0, 0.1) is 0 Å². The molecule has 3 aromatic rings. The molecule has 9 heteroatoms. The molecule has 1 saturated heterocycles. The Bertz CT molecular complexity index is 1130. The zero-order valence-electron chi connectivity index (χ0n) is 17.2. The van der Waals surface area contributed by atoms with Crippen LogP contribution in [0.3, 0.4) is 0 Å². The number of halogens is 3. The van der Waals surface area contributed by atoms with Crippen LogP contribution in [-0.4, -0.2) is 39.8 Å². The van der Waals surface area contributed by atoms with Gasteiger partial charge in [0, 0.05) is 22.9 Å². The number of aromatic hydroxyl groups is 1. The number of phenolic OH excluding ortho intramolecular Hbond substituents is 1. The average molecular weight is 433 g/mol. The van der Waals surface area contributed by atoms with Gasteiger partial charge in [0.25, 0.3) is 0 Å². The van der Waals surface area contributed by atoms with Gasteiger partial charge in [0.1, 0.15) is 17.0 Å². The molecular formula is C22H22F3N3O3.